The molecule has 3 aliphatic rings. The summed E-state index contributed by atoms with van der Waals surface area (Å²) in [6, 6.07) is 9.98. The maximum Gasteiger partial charge on any atom is 0.228 e. The van der Waals surface area contributed by atoms with E-state index in [1.165, 1.54) is 25.7 Å². The standard InChI is InChI=1S/C27H34N4O2/c1-19-22-14-15-24(32)31(18-21-11-3-2-4-12-21)27(22)29-26(28-19)23-13-7-8-16-30(23)25(33)17-20-9-5-6-10-20/h2-4,11-12,20,23H,5-10,13-18H2,1H3/t23-/m1/s1. The van der Waals surface area contributed by atoms with E-state index < -0.39 is 0 Å². The summed E-state index contributed by atoms with van der Waals surface area (Å²) in [6.45, 7) is 3.31. The van der Waals surface area contributed by atoms with Gasteiger partial charge in [0.2, 0.25) is 11.8 Å². The third-order valence-corrected chi connectivity index (χ3v) is 7.60. The molecule has 33 heavy (non-hydrogen) atoms. The average molecular weight is 447 g/mol. The van der Waals surface area contributed by atoms with E-state index in [0.29, 0.717) is 37.5 Å². The third-order valence-electron chi connectivity index (χ3n) is 7.60. The summed E-state index contributed by atoms with van der Waals surface area (Å²) in [5.41, 5.74) is 3.09. The Morgan fingerprint density at radius 3 is 2.55 bits per heavy atom. The Bertz CT molecular complexity index is 1020. The van der Waals surface area contributed by atoms with Crippen molar-refractivity contribution >= 4 is 17.6 Å². The first-order valence-corrected chi connectivity index (χ1v) is 12.6. The average Bonchev–Trinajstić information content (AvgIpc) is 3.34. The molecule has 2 aliphatic heterocycles. The molecule has 0 unspecified atom stereocenters. The van der Waals surface area contributed by atoms with Crippen molar-refractivity contribution in [1.29, 1.82) is 0 Å². The lowest BCUT2D eigenvalue weighted by atomic mass is 9.97. The molecule has 0 bridgehead atoms. The van der Waals surface area contributed by atoms with Crippen LogP contribution < -0.4 is 4.90 Å². The minimum absolute atomic E-state index is 0.0905. The van der Waals surface area contributed by atoms with Crippen molar-refractivity contribution in [3.63, 3.8) is 0 Å². The number of aryl methyl sites for hydroxylation is 1. The summed E-state index contributed by atoms with van der Waals surface area (Å²) < 4.78 is 0. The van der Waals surface area contributed by atoms with E-state index in [0.717, 1.165) is 48.4 Å². The Kier molecular flexibility index (Phi) is 6.43. The fourth-order valence-corrected chi connectivity index (χ4v) is 5.76. The zero-order valence-electron chi connectivity index (χ0n) is 19.6. The lowest BCUT2D eigenvalue weighted by molar-refractivity contribution is -0.136. The largest absolute Gasteiger partial charge is 0.332 e. The molecule has 174 valence electrons. The van der Waals surface area contributed by atoms with Crippen LogP contribution in [0.5, 0.6) is 0 Å². The second-order valence-electron chi connectivity index (χ2n) is 9.89. The lowest BCUT2D eigenvalue weighted by Crippen LogP contribution is -2.41. The molecule has 1 saturated carbocycles. The van der Waals surface area contributed by atoms with Crippen molar-refractivity contribution in [3.05, 3.63) is 53.0 Å². The number of aromatic nitrogens is 2. The topological polar surface area (TPSA) is 66.4 Å². The summed E-state index contributed by atoms with van der Waals surface area (Å²) in [6.07, 6.45) is 9.67. The second-order valence-corrected chi connectivity index (χ2v) is 9.89. The van der Waals surface area contributed by atoms with Crippen LogP contribution in [0, 0.1) is 12.8 Å². The minimum atomic E-state index is -0.0905. The van der Waals surface area contributed by atoms with E-state index in [1.54, 1.807) is 0 Å². The Morgan fingerprint density at radius 2 is 1.76 bits per heavy atom. The number of nitrogens with zero attached hydrogens (tertiary/aromatic N) is 4. The Balaban J connectivity index is 1.45. The van der Waals surface area contributed by atoms with E-state index in [2.05, 4.69) is 0 Å². The van der Waals surface area contributed by atoms with Crippen LogP contribution in [0.15, 0.2) is 30.3 Å². The third kappa shape index (κ3) is 4.66. The predicted octanol–water partition coefficient (Wildman–Crippen LogP) is 4.90. The van der Waals surface area contributed by atoms with Gasteiger partial charge in [0.25, 0.3) is 0 Å². The molecular weight excluding hydrogens is 412 g/mol. The first kappa shape index (κ1) is 22.1. The SMILES string of the molecule is Cc1nc([C@H]2CCCCN2C(=O)CC2CCCC2)nc2c1CCC(=O)N2Cc1ccccc1. The number of carbonyl (C=O) groups excluding carboxylic acids is 2. The highest BCUT2D eigenvalue weighted by molar-refractivity contribution is 5.95. The van der Waals surface area contributed by atoms with Gasteiger partial charge in [-0.05, 0) is 56.9 Å². The number of benzene rings is 1. The van der Waals surface area contributed by atoms with Gasteiger partial charge in [-0.3, -0.25) is 14.5 Å². The van der Waals surface area contributed by atoms with Gasteiger partial charge in [-0.1, -0.05) is 43.2 Å². The fraction of sp³-hybridized carbons (Fsp3) is 0.556. The molecule has 6 heteroatoms. The highest BCUT2D eigenvalue weighted by Gasteiger charge is 2.34. The van der Waals surface area contributed by atoms with Crippen LogP contribution in [-0.4, -0.2) is 33.2 Å². The van der Waals surface area contributed by atoms with Crippen LogP contribution in [0.1, 0.15) is 86.5 Å². The van der Waals surface area contributed by atoms with Crippen LogP contribution in [-0.2, 0) is 22.6 Å². The van der Waals surface area contributed by atoms with Crippen molar-refractivity contribution in [1.82, 2.24) is 14.9 Å². The fourth-order valence-electron chi connectivity index (χ4n) is 5.76. The van der Waals surface area contributed by atoms with Crippen molar-refractivity contribution in [3.8, 4) is 0 Å². The van der Waals surface area contributed by atoms with Crippen molar-refractivity contribution < 1.29 is 9.59 Å². The number of amides is 2. The van der Waals surface area contributed by atoms with Gasteiger partial charge in [0, 0.05) is 30.6 Å². The summed E-state index contributed by atoms with van der Waals surface area (Å²) in [7, 11) is 0. The number of piperidine rings is 1. The molecule has 0 spiro atoms. The zero-order chi connectivity index (χ0) is 22.8. The number of likely N-dealkylation sites (tertiary alicyclic amines) is 1. The minimum Gasteiger partial charge on any atom is -0.332 e. The molecule has 1 aliphatic carbocycles. The molecule has 1 saturated heterocycles. The van der Waals surface area contributed by atoms with Crippen LogP contribution in [0.2, 0.25) is 0 Å². The summed E-state index contributed by atoms with van der Waals surface area (Å²) >= 11 is 0. The Morgan fingerprint density at radius 1 is 1.00 bits per heavy atom. The normalized spacial score (nSPS) is 21.4. The molecule has 1 aromatic heterocycles. The number of hydrogen-bond donors (Lipinski definition) is 0. The van der Waals surface area contributed by atoms with Gasteiger partial charge in [-0.25, -0.2) is 9.97 Å². The van der Waals surface area contributed by atoms with E-state index in [1.807, 2.05) is 47.1 Å². The number of hydrogen-bond acceptors (Lipinski definition) is 4. The molecule has 0 N–H and O–H groups in total. The van der Waals surface area contributed by atoms with Gasteiger partial charge >= 0.3 is 0 Å². The maximum atomic E-state index is 13.3. The lowest BCUT2D eigenvalue weighted by Gasteiger charge is -2.37. The van der Waals surface area contributed by atoms with Gasteiger partial charge in [0.15, 0.2) is 5.82 Å². The van der Waals surface area contributed by atoms with Gasteiger partial charge in [0.05, 0.1) is 12.6 Å². The summed E-state index contributed by atoms with van der Waals surface area (Å²) in [5, 5.41) is 0. The zero-order valence-corrected chi connectivity index (χ0v) is 19.6. The molecule has 1 atom stereocenters. The first-order chi connectivity index (χ1) is 16.1. The molecule has 2 aromatic rings. The number of fused-ring (bicyclic) bond motifs is 1. The highest BCUT2D eigenvalue weighted by Crippen LogP contribution is 2.36. The van der Waals surface area contributed by atoms with Crippen LogP contribution in [0.25, 0.3) is 0 Å². The van der Waals surface area contributed by atoms with Gasteiger partial charge < -0.3 is 4.90 Å². The summed E-state index contributed by atoms with van der Waals surface area (Å²) in [5.74, 6) is 2.34. The molecule has 2 fully saturated rings. The van der Waals surface area contributed by atoms with Gasteiger partial charge in [-0.2, -0.15) is 0 Å². The molecule has 3 heterocycles. The van der Waals surface area contributed by atoms with Gasteiger partial charge in [0.1, 0.15) is 5.82 Å². The maximum absolute atomic E-state index is 13.3. The number of carbonyl (C=O) groups is 2. The van der Waals surface area contributed by atoms with Crippen LogP contribution in [0.3, 0.4) is 0 Å². The quantitative estimate of drug-likeness (QED) is 0.655. The van der Waals surface area contributed by atoms with Gasteiger partial charge in [-0.15, -0.1) is 0 Å². The molecule has 5 rings (SSSR count). The second kappa shape index (κ2) is 9.62. The first-order valence-electron chi connectivity index (χ1n) is 12.6. The Hall–Kier alpha value is -2.76. The highest BCUT2D eigenvalue weighted by atomic mass is 16.2. The van der Waals surface area contributed by atoms with E-state index in [9.17, 15) is 9.59 Å². The molecular formula is C27H34N4O2. The number of rotatable bonds is 5. The van der Waals surface area contributed by atoms with E-state index in [4.69, 9.17) is 9.97 Å². The molecule has 6 nitrogen and oxygen atoms in total. The van der Waals surface area contributed by atoms with Crippen LogP contribution >= 0.6 is 0 Å². The summed E-state index contributed by atoms with van der Waals surface area (Å²) in [4.78, 5) is 39.9. The monoisotopic (exact) mass is 446 g/mol. The smallest absolute Gasteiger partial charge is 0.228 e. The molecule has 1 aromatic carbocycles. The van der Waals surface area contributed by atoms with E-state index >= 15 is 0 Å². The molecule has 0 radical (unpaired) electrons. The predicted molar refractivity (Wildman–Crippen MR) is 128 cm³/mol. The molecule has 2 amide bonds. The Labute approximate surface area is 196 Å². The van der Waals surface area contributed by atoms with Crippen LogP contribution in [0.4, 0.5) is 5.82 Å². The van der Waals surface area contributed by atoms with Crippen molar-refractivity contribution in [2.24, 2.45) is 5.92 Å². The van der Waals surface area contributed by atoms with E-state index in [-0.39, 0.29) is 17.9 Å². The van der Waals surface area contributed by atoms with Crippen molar-refractivity contribution in [2.75, 3.05) is 11.4 Å². The number of anilines is 1. The van der Waals surface area contributed by atoms with Crippen molar-refractivity contribution in [2.45, 2.75) is 83.7 Å².